The molecule has 6 heteroatoms. The number of ether oxygens (including phenoxy) is 1. The highest BCUT2D eigenvalue weighted by molar-refractivity contribution is 7.71. The summed E-state index contributed by atoms with van der Waals surface area (Å²) in [4.78, 5) is 2.31. The van der Waals surface area contributed by atoms with Crippen molar-refractivity contribution in [1.29, 1.82) is 0 Å². The van der Waals surface area contributed by atoms with Crippen LogP contribution in [0, 0.1) is 4.77 Å². The van der Waals surface area contributed by atoms with Crippen molar-refractivity contribution in [3.8, 4) is 0 Å². The minimum absolute atomic E-state index is 0.426. The van der Waals surface area contributed by atoms with Crippen LogP contribution in [0.3, 0.4) is 0 Å². The van der Waals surface area contributed by atoms with Crippen molar-refractivity contribution < 1.29 is 4.74 Å². The van der Waals surface area contributed by atoms with Crippen LogP contribution in [-0.2, 0) is 4.74 Å². The van der Waals surface area contributed by atoms with Crippen LogP contribution in [0.15, 0.2) is 0 Å². The molecule has 1 aromatic heterocycles. The van der Waals surface area contributed by atoms with E-state index in [0.717, 1.165) is 23.7 Å². The lowest BCUT2D eigenvalue weighted by molar-refractivity contribution is 0.202. The predicted octanol–water partition coefficient (Wildman–Crippen LogP) is 3.31. The molecule has 1 aliphatic rings. The first-order valence-electron chi connectivity index (χ1n) is 7.61. The molecule has 20 heavy (non-hydrogen) atoms. The Morgan fingerprint density at radius 3 is 2.80 bits per heavy atom. The lowest BCUT2D eigenvalue weighted by atomic mass is 10.2. The molecule has 1 unspecified atom stereocenters. The fourth-order valence-electron chi connectivity index (χ4n) is 2.92. The van der Waals surface area contributed by atoms with E-state index >= 15 is 0 Å². The molecule has 0 aromatic carbocycles. The fourth-order valence-corrected chi connectivity index (χ4v) is 3.19. The van der Waals surface area contributed by atoms with Crippen molar-refractivity contribution in [1.82, 2.24) is 14.8 Å². The molecule has 114 valence electrons. The Balaban J connectivity index is 2.29. The van der Waals surface area contributed by atoms with Crippen molar-refractivity contribution >= 4 is 18.2 Å². The highest BCUT2D eigenvalue weighted by atomic mass is 32.1. The van der Waals surface area contributed by atoms with Crippen molar-refractivity contribution in [2.45, 2.75) is 58.0 Å². The second kappa shape index (κ2) is 7.22. The van der Waals surface area contributed by atoms with Crippen LogP contribution in [0.4, 0.5) is 5.95 Å². The Hall–Kier alpha value is -0.880. The molecule has 1 N–H and O–H groups in total. The van der Waals surface area contributed by atoms with Gasteiger partial charge < -0.3 is 9.64 Å². The number of hydrogen-bond donors (Lipinski definition) is 1. The number of hydrogen-bond acceptors (Lipinski definition) is 4. The molecule has 1 aliphatic carbocycles. The van der Waals surface area contributed by atoms with Gasteiger partial charge in [-0.05, 0) is 38.4 Å². The highest BCUT2D eigenvalue weighted by Gasteiger charge is 2.25. The number of aromatic amines is 1. The van der Waals surface area contributed by atoms with Crippen LogP contribution >= 0.6 is 12.2 Å². The zero-order chi connectivity index (χ0) is 14.5. The molecule has 2 rings (SSSR count). The number of nitrogens with zero attached hydrogens (tertiary/aromatic N) is 3. The minimum Gasteiger partial charge on any atom is -0.383 e. The van der Waals surface area contributed by atoms with E-state index in [9.17, 15) is 0 Å². The largest absolute Gasteiger partial charge is 0.383 e. The average molecular weight is 298 g/mol. The van der Waals surface area contributed by atoms with E-state index in [1.54, 1.807) is 7.11 Å². The maximum absolute atomic E-state index is 5.45. The van der Waals surface area contributed by atoms with E-state index in [0.29, 0.717) is 18.7 Å². The molecule has 0 saturated heterocycles. The van der Waals surface area contributed by atoms with E-state index in [-0.39, 0.29) is 0 Å². The summed E-state index contributed by atoms with van der Waals surface area (Å²) in [7, 11) is 1.74. The molecule has 5 nitrogen and oxygen atoms in total. The van der Waals surface area contributed by atoms with Crippen LogP contribution in [0.25, 0.3) is 0 Å². The quantitative estimate of drug-likeness (QED) is 0.785. The van der Waals surface area contributed by atoms with Gasteiger partial charge in [0.2, 0.25) is 5.95 Å². The third-order valence-electron chi connectivity index (χ3n) is 4.29. The van der Waals surface area contributed by atoms with Crippen LogP contribution in [0.2, 0.25) is 0 Å². The minimum atomic E-state index is 0.426. The topological polar surface area (TPSA) is 46.1 Å². The number of nitrogens with one attached hydrogen (secondary N) is 1. The second-order valence-electron chi connectivity index (χ2n) is 5.58. The maximum atomic E-state index is 5.45. The molecule has 0 radical (unpaired) electrons. The molecular formula is C14H26N4OS. The van der Waals surface area contributed by atoms with Gasteiger partial charge >= 0.3 is 0 Å². The summed E-state index contributed by atoms with van der Waals surface area (Å²) in [5.41, 5.74) is 0. The Labute approximate surface area is 126 Å². The number of aromatic nitrogens is 3. The van der Waals surface area contributed by atoms with Crippen molar-refractivity contribution in [3.63, 3.8) is 0 Å². The molecule has 1 saturated carbocycles. The van der Waals surface area contributed by atoms with Crippen molar-refractivity contribution in [2.75, 3.05) is 25.2 Å². The van der Waals surface area contributed by atoms with Crippen LogP contribution in [0.1, 0.15) is 52.0 Å². The van der Waals surface area contributed by atoms with E-state index in [4.69, 9.17) is 17.0 Å². The SMILES string of the molecule is CCC(C)N(CCOC)c1n[nH]c(=S)n1C1CCCC1. The number of rotatable bonds is 7. The van der Waals surface area contributed by atoms with Crippen molar-refractivity contribution in [3.05, 3.63) is 4.77 Å². The first kappa shape index (κ1) is 15.5. The van der Waals surface area contributed by atoms with Gasteiger partial charge in [-0.15, -0.1) is 5.10 Å². The van der Waals surface area contributed by atoms with Gasteiger partial charge in [-0.3, -0.25) is 4.57 Å². The van der Waals surface area contributed by atoms with Gasteiger partial charge in [0.1, 0.15) is 0 Å². The van der Waals surface area contributed by atoms with E-state index in [2.05, 4.69) is 33.5 Å². The van der Waals surface area contributed by atoms with Crippen LogP contribution in [0.5, 0.6) is 0 Å². The molecule has 0 bridgehead atoms. The summed E-state index contributed by atoms with van der Waals surface area (Å²) in [6, 6.07) is 0.931. The molecule has 1 aromatic rings. The van der Waals surface area contributed by atoms with Gasteiger partial charge in [0, 0.05) is 25.7 Å². The molecule has 0 spiro atoms. The summed E-state index contributed by atoms with van der Waals surface area (Å²) in [6.07, 6.45) is 6.07. The zero-order valence-electron chi connectivity index (χ0n) is 12.8. The first-order chi connectivity index (χ1) is 9.69. The van der Waals surface area contributed by atoms with Crippen LogP contribution < -0.4 is 4.90 Å². The van der Waals surface area contributed by atoms with Gasteiger partial charge in [-0.2, -0.15) is 0 Å². The lowest BCUT2D eigenvalue weighted by Crippen LogP contribution is -2.37. The number of anilines is 1. The second-order valence-corrected chi connectivity index (χ2v) is 5.97. The summed E-state index contributed by atoms with van der Waals surface area (Å²) in [5.74, 6) is 0.980. The fraction of sp³-hybridized carbons (Fsp3) is 0.857. The Kier molecular flexibility index (Phi) is 5.60. The third kappa shape index (κ3) is 3.23. The Bertz CT molecular complexity index is 464. The van der Waals surface area contributed by atoms with Gasteiger partial charge in [0.05, 0.1) is 6.61 Å². The smallest absolute Gasteiger partial charge is 0.226 e. The van der Waals surface area contributed by atoms with Crippen molar-refractivity contribution in [2.24, 2.45) is 0 Å². The molecule has 0 amide bonds. The lowest BCUT2D eigenvalue weighted by Gasteiger charge is -2.30. The summed E-state index contributed by atoms with van der Waals surface area (Å²) in [6.45, 7) is 5.98. The van der Waals surface area contributed by atoms with Gasteiger partial charge in [-0.25, -0.2) is 5.10 Å². The zero-order valence-corrected chi connectivity index (χ0v) is 13.6. The predicted molar refractivity (Wildman–Crippen MR) is 83.9 cm³/mol. The maximum Gasteiger partial charge on any atom is 0.226 e. The van der Waals surface area contributed by atoms with Gasteiger partial charge in [-0.1, -0.05) is 19.8 Å². The van der Waals surface area contributed by atoms with E-state index in [1.807, 2.05) is 0 Å². The molecular weight excluding hydrogens is 272 g/mol. The van der Waals surface area contributed by atoms with Gasteiger partial charge in [0.15, 0.2) is 4.77 Å². The molecule has 1 heterocycles. The Morgan fingerprint density at radius 1 is 1.50 bits per heavy atom. The van der Waals surface area contributed by atoms with E-state index < -0.39 is 0 Å². The first-order valence-corrected chi connectivity index (χ1v) is 8.02. The van der Waals surface area contributed by atoms with Crippen LogP contribution in [-0.4, -0.2) is 41.1 Å². The normalized spacial score (nSPS) is 17.6. The average Bonchev–Trinajstić information content (AvgIpc) is 3.08. The third-order valence-corrected chi connectivity index (χ3v) is 4.58. The summed E-state index contributed by atoms with van der Waals surface area (Å²) in [5, 5.41) is 7.48. The summed E-state index contributed by atoms with van der Waals surface area (Å²) >= 11 is 5.45. The summed E-state index contributed by atoms with van der Waals surface area (Å²) < 4.78 is 8.22. The monoisotopic (exact) mass is 298 g/mol. The van der Waals surface area contributed by atoms with E-state index in [1.165, 1.54) is 25.7 Å². The number of H-pyrrole nitrogens is 1. The van der Waals surface area contributed by atoms with Gasteiger partial charge in [0.25, 0.3) is 0 Å². The highest BCUT2D eigenvalue weighted by Crippen LogP contribution is 2.33. The Morgan fingerprint density at radius 2 is 2.20 bits per heavy atom. The molecule has 1 atom stereocenters. The number of methoxy groups -OCH3 is 1. The standard InChI is InChI=1S/C14H26N4OS/c1-4-11(2)17(9-10-19-3)13-15-16-14(20)18(13)12-7-5-6-8-12/h11-12H,4-10H2,1-3H3,(H,16,20). The molecule has 1 fully saturated rings. The molecule has 0 aliphatic heterocycles.